The van der Waals surface area contributed by atoms with Crippen molar-refractivity contribution >= 4 is 6.09 Å². The molecule has 2 aliphatic heterocycles. The molecule has 0 spiro atoms. The molecule has 0 N–H and O–H groups in total. The fourth-order valence-electron chi connectivity index (χ4n) is 4.13. The van der Waals surface area contributed by atoms with E-state index in [-0.39, 0.29) is 30.6 Å². The fourth-order valence-corrected chi connectivity index (χ4v) is 4.13. The van der Waals surface area contributed by atoms with Crippen LogP contribution in [-0.4, -0.2) is 23.1 Å². The van der Waals surface area contributed by atoms with E-state index in [0.717, 1.165) is 30.4 Å². The molecule has 5 heteroatoms. The van der Waals surface area contributed by atoms with Crippen molar-refractivity contribution in [3.8, 4) is 6.07 Å². The molecule has 0 aromatic heterocycles. The zero-order chi connectivity index (χ0) is 19.5. The van der Waals surface area contributed by atoms with E-state index in [1.54, 1.807) is 12.1 Å². The van der Waals surface area contributed by atoms with Crippen molar-refractivity contribution in [3.63, 3.8) is 0 Å². The van der Waals surface area contributed by atoms with Crippen molar-refractivity contribution in [2.45, 2.75) is 44.4 Å². The summed E-state index contributed by atoms with van der Waals surface area (Å²) >= 11 is 0. The van der Waals surface area contributed by atoms with Gasteiger partial charge in [0.2, 0.25) is 0 Å². The Kier molecular flexibility index (Phi) is 5.12. The van der Waals surface area contributed by atoms with Crippen molar-refractivity contribution < 1.29 is 13.9 Å². The van der Waals surface area contributed by atoms with Gasteiger partial charge in [-0.25, -0.2) is 9.18 Å². The topological polar surface area (TPSA) is 53.3 Å². The summed E-state index contributed by atoms with van der Waals surface area (Å²) in [6.07, 6.45) is 4.89. The van der Waals surface area contributed by atoms with Crippen LogP contribution in [0.3, 0.4) is 0 Å². The Morgan fingerprint density at radius 3 is 2.75 bits per heavy atom. The number of hydrogen-bond donors (Lipinski definition) is 0. The molecule has 0 radical (unpaired) electrons. The third-order valence-corrected chi connectivity index (χ3v) is 5.49. The van der Waals surface area contributed by atoms with Crippen LogP contribution in [0.1, 0.15) is 36.0 Å². The number of rotatable bonds is 4. The SMILES string of the molecule is N#Cc1ccc(CC2=CC3CCC(C2)N3C(=O)OCc2ccccc2)c(F)c1. The molecule has 2 atom stereocenters. The van der Waals surface area contributed by atoms with Gasteiger partial charge in [0.05, 0.1) is 17.7 Å². The number of fused-ring (bicyclic) bond motifs is 2. The fraction of sp³-hybridized carbons (Fsp3) is 0.304. The summed E-state index contributed by atoms with van der Waals surface area (Å²) in [5.74, 6) is -0.350. The zero-order valence-electron chi connectivity index (χ0n) is 15.5. The van der Waals surface area contributed by atoms with Crippen molar-refractivity contribution in [2.24, 2.45) is 0 Å². The van der Waals surface area contributed by atoms with E-state index in [1.807, 2.05) is 41.3 Å². The Bertz CT molecular complexity index is 949. The predicted octanol–water partition coefficient (Wildman–Crippen LogP) is 4.74. The number of nitriles is 1. The molecule has 2 unspecified atom stereocenters. The van der Waals surface area contributed by atoms with Crippen LogP contribution in [0, 0.1) is 17.1 Å². The van der Waals surface area contributed by atoms with E-state index in [0.29, 0.717) is 17.5 Å². The van der Waals surface area contributed by atoms with Crippen LogP contribution in [0.15, 0.2) is 60.2 Å². The van der Waals surface area contributed by atoms with Crippen molar-refractivity contribution in [1.82, 2.24) is 4.90 Å². The Morgan fingerprint density at radius 1 is 1.21 bits per heavy atom. The average Bonchev–Trinajstić information content (AvgIpc) is 2.99. The van der Waals surface area contributed by atoms with Crippen molar-refractivity contribution in [1.29, 1.82) is 5.26 Å². The maximum atomic E-state index is 14.2. The van der Waals surface area contributed by atoms with Crippen LogP contribution in [0.2, 0.25) is 0 Å². The van der Waals surface area contributed by atoms with Crippen molar-refractivity contribution in [2.75, 3.05) is 0 Å². The number of hydrogen-bond acceptors (Lipinski definition) is 3. The molecule has 2 aromatic rings. The summed E-state index contributed by atoms with van der Waals surface area (Å²) in [5, 5.41) is 8.87. The molecule has 2 heterocycles. The smallest absolute Gasteiger partial charge is 0.410 e. The lowest BCUT2D eigenvalue weighted by Gasteiger charge is -2.33. The van der Waals surface area contributed by atoms with Crippen LogP contribution < -0.4 is 0 Å². The van der Waals surface area contributed by atoms with Gasteiger partial charge in [0.25, 0.3) is 0 Å². The second kappa shape index (κ2) is 7.85. The minimum Gasteiger partial charge on any atom is -0.445 e. The molecule has 2 aromatic carbocycles. The summed E-state index contributed by atoms with van der Waals surface area (Å²) in [7, 11) is 0. The molecule has 2 bridgehead atoms. The van der Waals surface area contributed by atoms with Gasteiger partial charge in [0, 0.05) is 6.04 Å². The van der Waals surface area contributed by atoms with E-state index < -0.39 is 0 Å². The highest BCUT2D eigenvalue weighted by Gasteiger charge is 2.40. The molecule has 142 valence electrons. The summed E-state index contributed by atoms with van der Waals surface area (Å²) in [6, 6.07) is 16.3. The van der Waals surface area contributed by atoms with Gasteiger partial charge in [-0.05, 0) is 48.9 Å². The maximum Gasteiger partial charge on any atom is 0.410 e. The highest BCUT2D eigenvalue weighted by molar-refractivity contribution is 5.70. The van der Waals surface area contributed by atoms with E-state index in [1.165, 1.54) is 6.07 Å². The minimum absolute atomic E-state index is 0.0125. The lowest BCUT2D eigenvalue weighted by atomic mass is 9.94. The average molecular weight is 376 g/mol. The molecular formula is C23H21FN2O2. The number of amides is 1. The van der Waals surface area contributed by atoms with E-state index in [4.69, 9.17) is 10.00 Å². The highest BCUT2D eigenvalue weighted by atomic mass is 19.1. The number of halogens is 1. The summed E-state index contributed by atoms with van der Waals surface area (Å²) in [5.41, 5.74) is 3.02. The molecule has 1 fully saturated rings. The van der Waals surface area contributed by atoms with Gasteiger partial charge in [-0.1, -0.05) is 48.0 Å². The molecule has 4 rings (SSSR count). The van der Waals surface area contributed by atoms with Gasteiger partial charge in [0.1, 0.15) is 12.4 Å². The molecule has 0 aliphatic carbocycles. The van der Waals surface area contributed by atoms with Crippen LogP contribution >= 0.6 is 0 Å². The quantitative estimate of drug-likeness (QED) is 0.724. The van der Waals surface area contributed by atoms with E-state index in [2.05, 4.69) is 6.08 Å². The predicted molar refractivity (Wildman–Crippen MR) is 103 cm³/mol. The Hall–Kier alpha value is -3.13. The molecule has 28 heavy (non-hydrogen) atoms. The first-order valence-electron chi connectivity index (χ1n) is 9.51. The third-order valence-electron chi connectivity index (χ3n) is 5.49. The molecule has 1 saturated heterocycles. The minimum atomic E-state index is -0.350. The Balaban J connectivity index is 1.42. The Morgan fingerprint density at radius 2 is 2.04 bits per heavy atom. The second-order valence-electron chi connectivity index (χ2n) is 7.37. The number of benzene rings is 2. The molecule has 1 amide bonds. The van der Waals surface area contributed by atoms with Crippen LogP contribution in [0.4, 0.5) is 9.18 Å². The van der Waals surface area contributed by atoms with Crippen molar-refractivity contribution in [3.05, 3.63) is 82.7 Å². The first-order valence-corrected chi connectivity index (χ1v) is 9.51. The maximum absolute atomic E-state index is 14.2. The van der Waals surface area contributed by atoms with Gasteiger partial charge < -0.3 is 4.74 Å². The zero-order valence-corrected chi connectivity index (χ0v) is 15.5. The van der Waals surface area contributed by atoms with Crippen LogP contribution in [-0.2, 0) is 17.8 Å². The Labute approximate surface area is 163 Å². The third kappa shape index (κ3) is 3.77. The van der Waals surface area contributed by atoms with Gasteiger partial charge in [-0.2, -0.15) is 5.26 Å². The normalized spacial score (nSPS) is 20.4. The lowest BCUT2D eigenvalue weighted by Crippen LogP contribution is -2.43. The number of carbonyl (C=O) groups is 1. The number of carbonyl (C=O) groups excluding carboxylic acids is 1. The standard InChI is InChI=1S/C23H21FN2O2/c24-22-13-17(14-25)6-7-19(22)10-18-11-20-8-9-21(12-18)26(20)23(27)28-15-16-4-2-1-3-5-16/h1-7,11,13,20-21H,8-10,12,15H2. The van der Waals surface area contributed by atoms with E-state index >= 15 is 0 Å². The molecule has 4 nitrogen and oxygen atoms in total. The highest BCUT2D eigenvalue weighted by Crippen LogP contribution is 2.36. The number of nitrogens with zero attached hydrogens (tertiary/aromatic N) is 2. The first kappa shape index (κ1) is 18.2. The van der Waals surface area contributed by atoms with Gasteiger partial charge in [0.15, 0.2) is 0 Å². The summed E-state index contributed by atoms with van der Waals surface area (Å²) < 4.78 is 19.7. The first-order chi connectivity index (χ1) is 13.6. The second-order valence-corrected chi connectivity index (χ2v) is 7.37. The van der Waals surface area contributed by atoms with Gasteiger partial charge >= 0.3 is 6.09 Å². The lowest BCUT2D eigenvalue weighted by molar-refractivity contribution is 0.0815. The van der Waals surface area contributed by atoms with Gasteiger partial charge in [-0.3, -0.25) is 4.90 Å². The molecule has 2 aliphatic rings. The van der Waals surface area contributed by atoms with Gasteiger partial charge in [-0.15, -0.1) is 0 Å². The molecular weight excluding hydrogens is 355 g/mol. The molecule has 0 saturated carbocycles. The number of ether oxygens (including phenoxy) is 1. The van der Waals surface area contributed by atoms with Crippen LogP contribution in [0.25, 0.3) is 0 Å². The summed E-state index contributed by atoms with van der Waals surface area (Å²) in [6.45, 7) is 0.267. The van der Waals surface area contributed by atoms with Crippen LogP contribution in [0.5, 0.6) is 0 Å². The monoisotopic (exact) mass is 376 g/mol. The largest absolute Gasteiger partial charge is 0.445 e. The summed E-state index contributed by atoms with van der Waals surface area (Å²) in [4.78, 5) is 14.4. The van der Waals surface area contributed by atoms with E-state index in [9.17, 15) is 9.18 Å².